The number of nitrogens with one attached hydrogen (secondary N) is 1. The highest BCUT2D eigenvalue weighted by Crippen LogP contribution is 2.14. The molecule has 0 atom stereocenters. The largest absolute Gasteiger partial charge is 0.377 e. The molecule has 0 aromatic carbocycles. The van der Waals surface area contributed by atoms with E-state index in [2.05, 4.69) is 15.3 Å². The number of hydrogen-bond donors (Lipinski definition) is 1. The molecule has 0 unspecified atom stereocenters. The summed E-state index contributed by atoms with van der Waals surface area (Å²) in [6.45, 7) is 2.49. The molecule has 0 aliphatic rings. The minimum atomic E-state index is 0.484. The first kappa shape index (κ1) is 11.7. The Morgan fingerprint density at radius 3 is 2.94 bits per heavy atom. The van der Waals surface area contributed by atoms with Gasteiger partial charge in [-0.3, -0.25) is 0 Å². The van der Waals surface area contributed by atoms with Crippen LogP contribution in [0.2, 0.25) is 0 Å². The molecule has 91 valence electrons. The van der Waals surface area contributed by atoms with Crippen LogP contribution in [0.15, 0.2) is 24.9 Å². The topological polar surface area (TPSA) is 56.9 Å². The molecule has 0 aliphatic carbocycles. The van der Waals surface area contributed by atoms with E-state index < -0.39 is 0 Å². The Kier molecular flexibility index (Phi) is 3.43. The van der Waals surface area contributed by atoms with Crippen molar-refractivity contribution in [3.63, 3.8) is 0 Å². The molecule has 2 aromatic rings. The van der Waals surface area contributed by atoms with E-state index >= 15 is 0 Å². The summed E-state index contributed by atoms with van der Waals surface area (Å²) in [5, 5.41) is 2.99. The zero-order valence-corrected chi connectivity index (χ0v) is 10.2. The van der Waals surface area contributed by atoms with Gasteiger partial charge in [-0.05, 0) is 6.92 Å². The van der Waals surface area contributed by atoms with E-state index in [0.717, 1.165) is 17.8 Å². The van der Waals surface area contributed by atoms with Gasteiger partial charge in [0, 0.05) is 26.6 Å². The van der Waals surface area contributed by atoms with E-state index in [4.69, 9.17) is 4.74 Å². The van der Waals surface area contributed by atoms with Crippen LogP contribution in [0.25, 0.3) is 0 Å². The minimum Gasteiger partial charge on any atom is -0.377 e. The van der Waals surface area contributed by atoms with Gasteiger partial charge in [0.25, 0.3) is 0 Å². The molecule has 0 bridgehead atoms. The van der Waals surface area contributed by atoms with Crippen molar-refractivity contribution in [1.82, 2.24) is 19.1 Å². The molecular weight excluding hydrogens is 218 g/mol. The summed E-state index contributed by atoms with van der Waals surface area (Å²) < 4.78 is 9.02. The predicted octanol–water partition coefficient (Wildman–Crippen LogP) is 1.17. The highest BCUT2D eigenvalue weighted by molar-refractivity contribution is 5.31. The van der Waals surface area contributed by atoms with Gasteiger partial charge in [0.15, 0.2) is 6.17 Å². The zero-order valence-electron chi connectivity index (χ0n) is 10.2. The highest BCUT2D eigenvalue weighted by atomic mass is 16.5. The van der Waals surface area contributed by atoms with Gasteiger partial charge in [-0.1, -0.05) is 0 Å². The van der Waals surface area contributed by atoms with Crippen LogP contribution in [0.1, 0.15) is 12.7 Å². The molecule has 2 heterocycles. The fourth-order valence-electron chi connectivity index (χ4n) is 1.62. The van der Waals surface area contributed by atoms with Crippen molar-refractivity contribution in [3.05, 3.63) is 36.9 Å². The van der Waals surface area contributed by atoms with Crippen molar-refractivity contribution in [2.45, 2.75) is 13.5 Å². The fraction of sp³-hybridized carbons (Fsp3) is 0.364. The van der Waals surface area contributed by atoms with Crippen LogP contribution in [-0.2, 0) is 11.3 Å². The van der Waals surface area contributed by atoms with E-state index in [1.54, 1.807) is 19.6 Å². The molecule has 17 heavy (non-hydrogen) atoms. The van der Waals surface area contributed by atoms with Gasteiger partial charge >= 0.3 is 0 Å². The second kappa shape index (κ2) is 5.01. The van der Waals surface area contributed by atoms with Crippen molar-refractivity contribution in [2.24, 2.45) is 0 Å². The maximum absolute atomic E-state index is 5.11. The molecule has 6 heteroatoms. The quantitative estimate of drug-likeness (QED) is 0.843. The summed E-state index contributed by atoms with van der Waals surface area (Å²) in [7, 11) is 3.50. The lowest BCUT2D eigenvalue weighted by atomic mass is 10.5. The van der Waals surface area contributed by atoms with Crippen molar-refractivity contribution in [3.8, 4) is 0 Å². The molecule has 0 spiro atoms. The third-order valence-corrected chi connectivity index (χ3v) is 2.55. The number of imidazole rings is 2. The molecule has 0 fully saturated rings. The lowest BCUT2D eigenvalue weighted by Gasteiger charge is -2.15. The second-order valence-corrected chi connectivity index (χ2v) is 3.61. The van der Waals surface area contributed by atoms with E-state index in [9.17, 15) is 0 Å². The molecule has 6 nitrogen and oxygen atoms in total. The van der Waals surface area contributed by atoms with Crippen molar-refractivity contribution in [2.75, 3.05) is 19.5 Å². The molecule has 0 aliphatic heterocycles. The summed E-state index contributed by atoms with van der Waals surface area (Å²) in [5.74, 6) is 1.70. The van der Waals surface area contributed by atoms with Crippen LogP contribution in [0, 0.1) is 6.17 Å². The first-order valence-electron chi connectivity index (χ1n) is 5.33. The van der Waals surface area contributed by atoms with E-state index in [1.807, 2.05) is 35.5 Å². The number of anilines is 1. The number of rotatable bonds is 5. The zero-order chi connectivity index (χ0) is 12.3. The lowest BCUT2D eigenvalue weighted by Crippen LogP contribution is -2.16. The monoisotopic (exact) mass is 234 g/mol. The molecule has 2 rings (SSSR count). The summed E-state index contributed by atoms with van der Waals surface area (Å²) in [4.78, 5) is 8.45. The molecule has 2 aromatic heterocycles. The van der Waals surface area contributed by atoms with Crippen molar-refractivity contribution >= 4 is 5.82 Å². The average molecular weight is 234 g/mol. The Morgan fingerprint density at radius 1 is 1.47 bits per heavy atom. The van der Waals surface area contributed by atoms with E-state index in [1.165, 1.54) is 0 Å². The Balaban J connectivity index is 2.23. The first-order chi connectivity index (χ1) is 8.26. The van der Waals surface area contributed by atoms with Gasteiger partial charge in [0.2, 0.25) is 0 Å². The van der Waals surface area contributed by atoms with Crippen molar-refractivity contribution in [1.29, 1.82) is 0 Å². The lowest BCUT2D eigenvalue weighted by molar-refractivity contribution is 0.175. The van der Waals surface area contributed by atoms with Gasteiger partial charge in [-0.2, -0.15) is 0 Å². The van der Waals surface area contributed by atoms with Crippen LogP contribution in [0.5, 0.6) is 0 Å². The molecule has 1 N–H and O–H groups in total. The maximum atomic E-state index is 5.11. The van der Waals surface area contributed by atoms with Crippen molar-refractivity contribution < 1.29 is 4.74 Å². The average Bonchev–Trinajstić information content (AvgIpc) is 2.97. The van der Waals surface area contributed by atoms with Gasteiger partial charge in [0.1, 0.15) is 18.2 Å². The number of methoxy groups -OCH3 is 1. The summed E-state index contributed by atoms with van der Waals surface area (Å²) in [5.41, 5.74) is 0. The smallest absolute Gasteiger partial charge is 0.163 e. The Bertz CT molecular complexity index is 476. The predicted molar refractivity (Wildman–Crippen MR) is 64.4 cm³/mol. The number of nitrogens with zero attached hydrogens (tertiary/aromatic N) is 4. The fourth-order valence-corrected chi connectivity index (χ4v) is 1.62. The normalized spacial score (nSPS) is 11.1. The Morgan fingerprint density at radius 2 is 2.29 bits per heavy atom. The van der Waals surface area contributed by atoms with Crippen LogP contribution in [0.4, 0.5) is 5.82 Å². The molecular formula is C11H16N5O. The minimum absolute atomic E-state index is 0.484. The van der Waals surface area contributed by atoms with Crippen LogP contribution < -0.4 is 5.32 Å². The Labute approximate surface area is 100 Å². The summed E-state index contributed by atoms with van der Waals surface area (Å²) in [6, 6.07) is 0. The summed E-state index contributed by atoms with van der Waals surface area (Å²) >= 11 is 0. The van der Waals surface area contributed by atoms with E-state index in [-0.39, 0.29) is 0 Å². The SMILES string of the molecule is CNc1cn([C](C)n2ccnc2COC)cn1. The van der Waals surface area contributed by atoms with Gasteiger partial charge in [0.05, 0.1) is 12.5 Å². The Hall–Kier alpha value is -1.82. The third-order valence-electron chi connectivity index (χ3n) is 2.55. The molecule has 0 saturated carbocycles. The molecule has 1 radical (unpaired) electrons. The third kappa shape index (κ3) is 2.31. The standard InChI is InChI=1S/C11H16N5O/c1-9(15-6-10(12-2)14-8-15)16-5-4-13-11(16)7-17-3/h4-6,8,12H,7H2,1-3H3. The van der Waals surface area contributed by atoms with Crippen LogP contribution in [0.3, 0.4) is 0 Å². The molecule has 0 saturated heterocycles. The summed E-state index contributed by atoms with van der Waals surface area (Å²) in [6.07, 6.45) is 8.35. The number of hydrogen-bond acceptors (Lipinski definition) is 4. The first-order valence-corrected chi connectivity index (χ1v) is 5.33. The van der Waals surface area contributed by atoms with Crippen LogP contribution >= 0.6 is 0 Å². The number of aromatic nitrogens is 4. The maximum Gasteiger partial charge on any atom is 0.163 e. The van der Waals surface area contributed by atoms with E-state index in [0.29, 0.717) is 6.61 Å². The van der Waals surface area contributed by atoms with Crippen LogP contribution in [-0.4, -0.2) is 33.3 Å². The highest BCUT2D eigenvalue weighted by Gasteiger charge is 2.13. The van der Waals surface area contributed by atoms with Gasteiger partial charge in [-0.15, -0.1) is 0 Å². The molecule has 0 amide bonds. The number of ether oxygens (including phenoxy) is 1. The van der Waals surface area contributed by atoms with Gasteiger partial charge < -0.3 is 19.2 Å². The second-order valence-electron chi connectivity index (χ2n) is 3.61. The van der Waals surface area contributed by atoms with Gasteiger partial charge in [-0.25, -0.2) is 9.97 Å².